The van der Waals surface area contributed by atoms with E-state index in [9.17, 15) is 13.2 Å². The minimum absolute atomic E-state index is 0.0963. The summed E-state index contributed by atoms with van der Waals surface area (Å²) in [6, 6.07) is -0.0220. The number of nitrogens with one attached hydrogen (secondary N) is 1. The van der Waals surface area contributed by atoms with Crippen LogP contribution in [0.2, 0.25) is 0 Å². The van der Waals surface area contributed by atoms with Crippen molar-refractivity contribution in [3.63, 3.8) is 0 Å². The molecule has 1 rings (SSSR count). The quantitative estimate of drug-likeness (QED) is 0.854. The Hall–Kier alpha value is -1.31. The van der Waals surface area contributed by atoms with E-state index in [1.807, 2.05) is 13.8 Å². The lowest BCUT2D eigenvalue weighted by Crippen LogP contribution is -2.24. The number of aromatic nitrogens is 2. The second-order valence-corrected chi connectivity index (χ2v) is 3.99. The van der Waals surface area contributed by atoms with Crippen molar-refractivity contribution in [2.24, 2.45) is 0 Å². The Kier molecular flexibility index (Phi) is 4.94. The third kappa shape index (κ3) is 4.52. The van der Waals surface area contributed by atoms with Gasteiger partial charge in [0.1, 0.15) is 0 Å². The number of halogens is 3. The summed E-state index contributed by atoms with van der Waals surface area (Å²) in [5.41, 5.74) is 0. The van der Waals surface area contributed by atoms with Gasteiger partial charge in [-0.15, -0.1) is 5.10 Å². The van der Waals surface area contributed by atoms with Gasteiger partial charge in [-0.1, -0.05) is 12.0 Å². The van der Waals surface area contributed by atoms with Crippen molar-refractivity contribution in [2.45, 2.75) is 32.5 Å². The maximum Gasteiger partial charge on any atom is 0.390 e. The van der Waals surface area contributed by atoms with E-state index in [4.69, 9.17) is 4.42 Å². The first-order chi connectivity index (χ1) is 8.33. The van der Waals surface area contributed by atoms with Crippen molar-refractivity contribution in [1.29, 1.82) is 0 Å². The Balaban J connectivity index is 2.56. The van der Waals surface area contributed by atoms with Gasteiger partial charge in [-0.3, -0.25) is 0 Å². The molecule has 8 heteroatoms. The van der Waals surface area contributed by atoms with E-state index in [0.717, 1.165) is 6.54 Å². The molecule has 0 aliphatic rings. The van der Waals surface area contributed by atoms with Gasteiger partial charge in [-0.05, 0) is 13.5 Å². The van der Waals surface area contributed by atoms with Crippen molar-refractivity contribution in [3.8, 4) is 0 Å². The van der Waals surface area contributed by atoms with E-state index >= 15 is 0 Å². The molecule has 0 aliphatic heterocycles. The smallest absolute Gasteiger partial charge is 0.390 e. The van der Waals surface area contributed by atoms with Crippen molar-refractivity contribution in [3.05, 3.63) is 5.89 Å². The minimum Gasteiger partial charge on any atom is -0.406 e. The van der Waals surface area contributed by atoms with Crippen molar-refractivity contribution in [2.75, 3.05) is 25.0 Å². The Bertz CT molecular complexity index is 366. The summed E-state index contributed by atoms with van der Waals surface area (Å²) in [4.78, 5) is 1.29. The minimum atomic E-state index is -4.19. The Morgan fingerprint density at radius 1 is 1.39 bits per heavy atom. The molecule has 0 spiro atoms. The van der Waals surface area contributed by atoms with Gasteiger partial charge in [-0.2, -0.15) is 13.2 Å². The average Bonchev–Trinajstić information content (AvgIpc) is 2.74. The molecule has 1 heterocycles. The third-order valence-corrected chi connectivity index (χ3v) is 2.37. The number of rotatable bonds is 6. The van der Waals surface area contributed by atoms with Crippen LogP contribution in [0, 0.1) is 0 Å². The van der Waals surface area contributed by atoms with Crippen LogP contribution in [0.5, 0.6) is 0 Å². The highest BCUT2D eigenvalue weighted by molar-refractivity contribution is 5.21. The van der Waals surface area contributed by atoms with E-state index in [-0.39, 0.29) is 18.6 Å². The molecule has 104 valence electrons. The number of anilines is 1. The highest BCUT2D eigenvalue weighted by Crippen LogP contribution is 2.22. The maximum atomic E-state index is 12.1. The van der Waals surface area contributed by atoms with E-state index in [1.54, 1.807) is 0 Å². The second kappa shape index (κ2) is 6.03. The van der Waals surface area contributed by atoms with Crippen molar-refractivity contribution >= 4 is 6.01 Å². The molecule has 0 fully saturated rings. The average molecular weight is 266 g/mol. The molecule has 0 radical (unpaired) electrons. The summed E-state index contributed by atoms with van der Waals surface area (Å²) in [7, 11) is 1.49. The molecule has 1 aromatic heterocycles. The number of hydrogen-bond donors (Lipinski definition) is 1. The fraction of sp³-hybridized carbons (Fsp3) is 0.800. The molecule has 1 unspecified atom stereocenters. The third-order valence-electron chi connectivity index (χ3n) is 2.37. The molecule has 0 saturated carbocycles. The Morgan fingerprint density at radius 2 is 2.06 bits per heavy atom. The first kappa shape index (κ1) is 14.7. The van der Waals surface area contributed by atoms with E-state index in [1.165, 1.54) is 11.9 Å². The lowest BCUT2D eigenvalue weighted by atomic mass is 10.3. The highest BCUT2D eigenvalue weighted by atomic mass is 19.4. The van der Waals surface area contributed by atoms with E-state index in [2.05, 4.69) is 15.5 Å². The molecule has 0 aliphatic carbocycles. The SMILES string of the molecule is CCNC(C)c1nnc(N(C)CCC(F)(F)F)o1. The predicted molar refractivity (Wildman–Crippen MR) is 60.3 cm³/mol. The van der Waals surface area contributed by atoms with Crippen LogP contribution in [0.4, 0.5) is 19.2 Å². The molecule has 5 nitrogen and oxygen atoms in total. The van der Waals surface area contributed by atoms with Gasteiger partial charge in [0.15, 0.2) is 0 Å². The van der Waals surface area contributed by atoms with Crippen LogP contribution in [0.25, 0.3) is 0 Å². The summed E-state index contributed by atoms with van der Waals surface area (Å²) in [6.45, 7) is 4.31. The lowest BCUT2D eigenvalue weighted by Gasteiger charge is -2.15. The van der Waals surface area contributed by atoms with Gasteiger partial charge >= 0.3 is 12.2 Å². The molecular formula is C10H17F3N4O. The zero-order valence-electron chi connectivity index (χ0n) is 10.6. The van der Waals surface area contributed by atoms with Gasteiger partial charge in [0.2, 0.25) is 5.89 Å². The largest absolute Gasteiger partial charge is 0.406 e. The van der Waals surface area contributed by atoms with Crippen LogP contribution >= 0.6 is 0 Å². The number of nitrogens with zero attached hydrogens (tertiary/aromatic N) is 3. The summed E-state index contributed by atoms with van der Waals surface area (Å²) < 4.78 is 41.5. The van der Waals surface area contributed by atoms with Gasteiger partial charge in [0, 0.05) is 13.6 Å². The fourth-order valence-electron chi connectivity index (χ4n) is 1.34. The summed E-state index contributed by atoms with van der Waals surface area (Å²) in [6.07, 6.45) is -5.10. The van der Waals surface area contributed by atoms with Crippen LogP contribution in [-0.4, -0.2) is 36.5 Å². The molecule has 18 heavy (non-hydrogen) atoms. The first-order valence-electron chi connectivity index (χ1n) is 5.68. The van der Waals surface area contributed by atoms with Crippen LogP contribution in [-0.2, 0) is 0 Å². The molecule has 1 N–H and O–H groups in total. The summed E-state index contributed by atoms with van der Waals surface area (Å²) in [5.74, 6) is 0.366. The normalized spacial score (nSPS) is 13.7. The number of hydrogen-bond acceptors (Lipinski definition) is 5. The van der Waals surface area contributed by atoms with Gasteiger partial charge in [-0.25, -0.2) is 0 Å². The first-order valence-corrected chi connectivity index (χ1v) is 5.68. The van der Waals surface area contributed by atoms with Crippen molar-refractivity contribution in [1.82, 2.24) is 15.5 Å². The van der Waals surface area contributed by atoms with E-state index in [0.29, 0.717) is 5.89 Å². The van der Waals surface area contributed by atoms with Crippen LogP contribution in [0.1, 0.15) is 32.2 Å². The Morgan fingerprint density at radius 3 is 2.61 bits per heavy atom. The zero-order chi connectivity index (χ0) is 13.8. The molecule has 0 aromatic carbocycles. The molecular weight excluding hydrogens is 249 g/mol. The summed E-state index contributed by atoms with van der Waals surface area (Å²) in [5, 5.41) is 10.6. The maximum absolute atomic E-state index is 12.1. The van der Waals surface area contributed by atoms with E-state index < -0.39 is 12.6 Å². The van der Waals surface area contributed by atoms with Gasteiger partial charge in [0.25, 0.3) is 0 Å². The molecule has 1 aromatic rings. The number of alkyl halides is 3. The van der Waals surface area contributed by atoms with Crippen LogP contribution in [0.15, 0.2) is 4.42 Å². The lowest BCUT2D eigenvalue weighted by molar-refractivity contribution is -0.132. The highest BCUT2D eigenvalue weighted by Gasteiger charge is 2.28. The molecule has 0 amide bonds. The van der Waals surface area contributed by atoms with Crippen molar-refractivity contribution < 1.29 is 17.6 Å². The standard InChI is InChI=1S/C10H17F3N4O/c1-4-14-7(2)8-15-16-9(18-8)17(3)6-5-10(11,12)13/h7,14H,4-6H2,1-3H3. The van der Waals surface area contributed by atoms with Gasteiger partial charge in [0.05, 0.1) is 12.5 Å². The molecule has 0 bridgehead atoms. The predicted octanol–water partition coefficient (Wildman–Crippen LogP) is 2.13. The van der Waals surface area contributed by atoms with Crippen LogP contribution < -0.4 is 10.2 Å². The fourth-order valence-corrected chi connectivity index (χ4v) is 1.34. The molecule has 0 saturated heterocycles. The second-order valence-electron chi connectivity index (χ2n) is 3.99. The monoisotopic (exact) mass is 266 g/mol. The summed E-state index contributed by atoms with van der Waals surface area (Å²) >= 11 is 0. The zero-order valence-corrected chi connectivity index (χ0v) is 10.6. The van der Waals surface area contributed by atoms with Gasteiger partial charge < -0.3 is 14.6 Å². The van der Waals surface area contributed by atoms with Crippen LogP contribution in [0.3, 0.4) is 0 Å². The molecule has 1 atom stereocenters. The Labute approximate surface area is 103 Å². The topological polar surface area (TPSA) is 54.2 Å².